The smallest absolute Gasteiger partial charge is 0.191 e. The lowest BCUT2D eigenvalue weighted by atomic mass is 9.74. The van der Waals surface area contributed by atoms with Crippen LogP contribution in [0.15, 0.2) is 29.3 Å². The molecule has 0 bridgehead atoms. The molecule has 1 fully saturated rings. The first-order valence-electron chi connectivity index (χ1n) is 9.42. The molecule has 1 aliphatic heterocycles. The summed E-state index contributed by atoms with van der Waals surface area (Å²) in [6, 6.07) is 6.96. The van der Waals surface area contributed by atoms with E-state index in [0.29, 0.717) is 25.7 Å². The predicted molar refractivity (Wildman–Crippen MR) is 102 cm³/mol. The third kappa shape index (κ3) is 5.99. The minimum Gasteiger partial charge on any atom is -0.381 e. The second-order valence-corrected chi connectivity index (χ2v) is 7.21. The maximum Gasteiger partial charge on any atom is 0.191 e. The van der Waals surface area contributed by atoms with E-state index in [1.165, 1.54) is 6.07 Å². The molecular weight excluding hydrogens is 317 g/mol. The molecule has 2 rings (SSSR count). The third-order valence-corrected chi connectivity index (χ3v) is 4.79. The van der Waals surface area contributed by atoms with Gasteiger partial charge in [0.2, 0.25) is 0 Å². The van der Waals surface area contributed by atoms with Crippen molar-refractivity contribution in [2.24, 2.45) is 10.9 Å². The predicted octanol–water partition coefficient (Wildman–Crippen LogP) is 3.48. The van der Waals surface area contributed by atoms with Gasteiger partial charge in [0.1, 0.15) is 5.82 Å². The Morgan fingerprint density at radius 1 is 1.28 bits per heavy atom. The maximum atomic E-state index is 13.8. The van der Waals surface area contributed by atoms with E-state index in [0.717, 1.165) is 43.9 Å². The molecule has 1 aromatic carbocycles. The summed E-state index contributed by atoms with van der Waals surface area (Å²) in [4.78, 5) is 4.83. The molecule has 0 radical (unpaired) electrons. The van der Waals surface area contributed by atoms with Crippen LogP contribution >= 0.6 is 0 Å². The van der Waals surface area contributed by atoms with Gasteiger partial charge >= 0.3 is 0 Å². The zero-order chi connectivity index (χ0) is 18.1. The van der Waals surface area contributed by atoms with Crippen molar-refractivity contribution >= 4 is 5.96 Å². The van der Waals surface area contributed by atoms with Crippen LogP contribution in [-0.4, -0.2) is 38.8 Å². The van der Waals surface area contributed by atoms with Crippen LogP contribution in [0.2, 0.25) is 0 Å². The summed E-state index contributed by atoms with van der Waals surface area (Å²) >= 11 is 0. The number of halogens is 1. The van der Waals surface area contributed by atoms with Crippen LogP contribution in [0.25, 0.3) is 0 Å². The van der Waals surface area contributed by atoms with Gasteiger partial charge in [-0.2, -0.15) is 0 Å². The summed E-state index contributed by atoms with van der Waals surface area (Å²) in [6.07, 6.45) is 2.84. The van der Waals surface area contributed by atoms with E-state index in [1.54, 1.807) is 12.1 Å². The van der Waals surface area contributed by atoms with E-state index in [2.05, 4.69) is 31.4 Å². The van der Waals surface area contributed by atoms with Crippen molar-refractivity contribution < 1.29 is 9.13 Å². The van der Waals surface area contributed by atoms with Crippen molar-refractivity contribution in [3.8, 4) is 0 Å². The van der Waals surface area contributed by atoms with Crippen molar-refractivity contribution in [3.63, 3.8) is 0 Å². The number of hydrogen-bond acceptors (Lipinski definition) is 2. The van der Waals surface area contributed by atoms with Gasteiger partial charge in [-0.25, -0.2) is 4.39 Å². The molecule has 0 amide bonds. The van der Waals surface area contributed by atoms with E-state index in [-0.39, 0.29) is 11.2 Å². The van der Waals surface area contributed by atoms with Gasteiger partial charge in [-0.3, -0.25) is 4.99 Å². The molecule has 1 aliphatic rings. The highest BCUT2D eigenvalue weighted by Crippen LogP contribution is 2.35. The molecule has 2 N–H and O–H groups in total. The average Bonchev–Trinajstić information content (AvgIpc) is 2.60. The summed E-state index contributed by atoms with van der Waals surface area (Å²) in [7, 11) is 0. The van der Waals surface area contributed by atoms with Crippen LogP contribution in [0.1, 0.15) is 45.6 Å². The zero-order valence-electron chi connectivity index (χ0n) is 15.8. The molecule has 140 valence electrons. The summed E-state index contributed by atoms with van der Waals surface area (Å²) in [5, 5.41) is 6.71. The number of ether oxygens (including phenoxy) is 1. The van der Waals surface area contributed by atoms with Crippen LogP contribution < -0.4 is 10.6 Å². The largest absolute Gasteiger partial charge is 0.381 e. The van der Waals surface area contributed by atoms with Gasteiger partial charge in [0.15, 0.2) is 5.96 Å². The number of guanidine groups is 1. The quantitative estimate of drug-likeness (QED) is 0.585. The Kier molecular flexibility index (Phi) is 7.69. The molecule has 1 aromatic rings. The topological polar surface area (TPSA) is 45.7 Å². The van der Waals surface area contributed by atoms with E-state index in [9.17, 15) is 4.39 Å². The molecule has 4 nitrogen and oxygen atoms in total. The van der Waals surface area contributed by atoms with Crippen molar-refractivity contribution in [1.29, 1.82) is 0 Å². The molecular formula is C20H32FN3O. The Morgan fingerprint density at radius 3 is 2.68 bits per heavy atom. The molecule has 0 atom stereocenters. The van der Waals surface area contributed by atoms with E-state index >= 15 is 0 Å². The van der Waals surface area contributed by atoms with Crippen molar-refractivity contribution in [2.45, 2.75) is 45.4 Å². The molecule has 0 unspecified atom stereocenters. The Morgan fingerprint density at radius 2 is 2.04 bits per heavy atom. The Labute approximate surface area is 151 Å². The number of nitrogens with zero attached hydrogens (tertiary/aromatic N) is 1. The summed E-state index contributed by atoms with van der Waals surface area (Å²) in [5.74, 6) is 1.31. The van der Waals surface area contributed by atoms with Crippen LogP contribution in [0, 0.1) is 11.7 Å². The average molecular weight is 349 g/mol. The molecule has 0 spiro atoms. The minimum atomic E-state index is -0.186. The SMILES string of the molecule is CCNC(=NCC1(c2cccc(F)c2)CCOCC1)NCCC(C)C. The lowest BCUT2D eigenvalue weighted by Crippen LogP contribution is -2.41. The zero-order valence-corrected chi connectivity index (χ0v) is 15.8. The summed E-state index contributed by atoms with van der Waals surface area (Å²) in [5.41, 5.74) is 0.874. The van der Waals surface area contributed by atoms with Crippen LogP contribution in [-0.2, 0) is 10.2 Å². The van der Waals surface area contributed by atoms with Crippen molar-refractivity contribution in [1.82, 2.24) is 10.6 Å². The first-order valence-corrected chi connectivity index (χ1v) is 9.42. The fraction of sp³-hybridized carbons (Fsp3) is 0.650. The first-order chi connectivity index (χ1) is 12.1. The Bertz CT molecular complexity index is 554. The second kappa shape index (κ2) is 9.76. The Balaban J connectivity index is 2.14. The monoisotopic (exact) mass is 349 g/mol. The van der Waals surface area contributed by atoms with Crippen molar-refractivity contribution in [3.05, 3.63) is 35.6 Å². The first kappa shape index (κ1) is 19.7. The highest BCUT2D eigenvalue weighted by atomic mass is 19.1. The van der Waals surface area contributed by atoms with Gasteiger partial charge in [0.05, 0.1) is 6.54 Å². The fourth-order valence-electron chi connectivity index (χ4n) is 3.17. The maximum absolute atomic E-state index is 13.8. The van der Waals surface area contributed by atoms with Gasteiger partial charge in [-0.1, -0.05) is 26.0 Å². The molecule has 0 saturated carbocycles. The minimum absolute atomic E-state index is 0.152. The second-order valence-electron chi connectivity index (χ2n) is 7.21. The van der Waals surface area contributed by atoms with Gasteiger partial charge in [0.25, 0.3) is 0 Å². The van der Waals surface area contributed by atoms with Gasteiger partial charge in [-0.15, -0.1) is 0 Å². The molecule has 1 heterocycles. The van der Waals surface area contributed by atoms with Gasteiger partial charge in [-0.05, 0) is 49.8 Å². The highest BCUT2D eigenvalue weighted by molar-refractivity contribution is 5.79. The summed E-state index contributed by atoms with van der Waals surface area (Å²) in [6.45, 7) is 10.3. The number of aliphatic imine (C=N–C) groups is 1. The Hall–Kier alpha value is -1.62. The third-order valence-electron chi connectivity index (χ3n) is 4.79. The molecule has 0 aliphatic carbocycles. The lowest BCUT2D eigenvalue weighted by molar-refractivity contribution is 0.0530. The van der Waals surface area contributed by atoms with Crippen LogP contribution in [0.5, 0.6) is 0 Å². The van der Waals surface area contributed by atoms with Crippen LogP contribution in [0.4, 0.5) is 4.39 Å². The lowest BCUT2D eigenvalue weighted by Gasteiger charge is -2.36. The van der Waals surface area contributed by atoms with Crippen LogP contribution in [0.3, 0.4) is 0 Å². The van der Waals surface area contributed by atoms with Gasteiger partial charge in [0, 0.05) is 31.7 Å². The standard InChI is InChI=1S/C20H32FN3O/c1-4-22-19(23-11-8-16(2)3)24-15-20(9-12-25-13-10-20)17-6-5-7-18(21)14-17/h5-7,14,16H,4,8-13,15H2,1-3H3,(H2,22,23,24). The van der Waals surface area contributed by atoms with E-state index in [1.807, 2.05) is 6.07 Å². The molecule has 0 aromatic heterocycles. The van der Waals surface area contributed by atoms with E-state index < -0.39 is 0 Å². The van der Waals surface area contributed by atoms with Crippen molar-refractivity contribution in [2.75, 3.05) is 32.8 Å². The highest BCUT2D eigenvalue weighted by Gasteiger charge is 2.34. The number of benzene rings is 1. The summed E-state index contributed by atoms with van der Waals surface area (Å²) < 4.78 is 19.3. The molecule has 5 heteroatoms. The van der Waals surface area contributed by atoms with E-state index in [4.69, 9.17) is 9.73 Å². The fourth-order valence-corrected chi connectivity index (χ4v) is 3.17. The number of rotatable bonds is 7. The number of nitrogens with one attached hydrogen (secondary N) is 2. The molecule has 1 saturated heterocycles. The molecule has 25 heavy (non-hydrogen) atoms. The number of hydrogen-bond donors (Lipinski definition) is 2. The normalized spacial score (nSPS) is 17.6. The van der Waals surface area contributed by atoms with Gasteiger partial charge < -0.3 is 15.4 Å².